The van der Waals surface area contributed by atoms with Gasteiger partial charge in [0.25, 0.3) is 0 Å². The Kier molecular flexibility index (Phi) is 6.74. The number of benzene rings is 2. The predicted molar refractivity (Wildman–Crippen MR) is 129 cm³/mol. The van der Waals surface area contributed by atoms with Crippen LogP contribution in [0.15, 0.2) is 59.5 Å². The Labute approximate surface area is 210 Å². The molecule has 1 aliphatic carbocycles. The minimum Gasteiger partial charge on any atom is -0.452 e. The highest BCUT2D eigenvalue weighted by molar-refractivity contribution is 8.00. The molecule has 0 amide bonds. The number of thioether (sulfide) groups is 1. The third kappa shape index (κ3) is 4.84. The molecule has 2 aromatic carbocycles. The van der Waals surface area contributed by atoms with Gasteiger partial charge in [0.15, 0.2) is 0 Å². The lowest BCUT2D eigenvalue weighted by atomic mass is 9.77. The molecular weight excluding hydrogens is 493 g/mol. The summed E-state index contributed by atoms with van der Waals surface area (Å²) in [6.07, 6.45) is -3.17. The van der Waals surface area contributed by atoms with Gasteiger partial charge in [-0.25, -0.2) is 9.36 Å². The van der Waals surface area contributed by atoms with Crippen LogP contribution in [0.2, 0.25) is 0 Å². The van der Waals surface area contributed by atoms with E-state index in [2.05, 4.69) is 9.64 Å². The molecule has 3 atom stereocenters. The number of alkyl halides is 3. The van der Waals surface area contributed by atoms with Gasteiger partial charge in [0.1, 0.15) is 5.25 Å². The molecule has 10 heteroatoms. The number of nitrogens with zero attached hydrogens (tertiary/aromatic N) is 2. The van der Waals surface area contributed by atoms with Gasteiger partial charge in [0.05, 0.1) is 12.6 Å². The third-order valence-corrected chi connectivity index (χ3v) is 8.08. The zero-order valence-electron chi connectivity index (χ0n) is 19.5. The number of methoxy groups -OCH3 is 1. The van der Waals surface area contributed by atoms with Crippen LogP contribution in [0.4, 0.5) is 18.0 Å². The summed E-state index contributed by atoms with van der Waals surface area (Å²) in [5.41, 5.74) is 2.60. The average molecular weight is 519 g/mol. The molecule has 0 radical (unpaired) electrons. The fourth-order valence-corrected chi connectivity index (χ4v) is 6.52. The number of fused-ring (bicyclic) bond motifs is 6. The summed E-state index contributed by atoms with van der Waals surface area (Å²) in [6.45, 7) is 0.723. The Balaban J connectivity index is 1.51. The van der Waals surface area contributed by atoms with Crippen molar-refractivity contribution < 1.29 is 32.2 Å². The van der Waals surface area contributed by atoms with Gasteiger partial charge in [-0.2, -0.15) is 0 Å². The van der Waals surface area contributed by atoms with Crippen molar-refractivity contribution in [2.45, 2.75) is 41.8 Å². The van der Waals surface area contributed by atoms with Gasteiger partial charge < -0.3 is 9.47 Å². The highest BCUT2D eigenvalue weighted by Crippen LogP contribution is 2.47. The first-order valence-corrected chi connectivity index (χ1v) is 12.6. The molecule has 3 aromatic rings. The molecule has 5 rings (SSSR count). The number of aromatic nitrogens is 1. The molecule has 1 unspecified atom stereocenters. The average Bonchev–Trinajstić information content (AvgIpc) is 3.18. The van der Waals surface area contributed by atoms with Crippen molar-refractivity contribution >= 4 is 34.7 Å². The van der Waals surface area contributed by atoms with Crippen LogP contribution in [0.25, 0.3) is 10.9 Å². The quantitative estimate of drug-likeness (QED) is 0.315. The maximum Gasteiger partial charge on any atom is 0.575 e. The number of esters is 1. The van der Waals surface area contributed by atoms with Crippen molar-refractivity contribution in [2.24, 2.45) is 5.92 Å². The van der Waals surface area contributed by atoms with Gasteiger partial charge >= 0.3 is 18.4 Å². The fraction of sp³-hybridized carbons (Fsp3) is 0.385. The van der Waals surface area contributed by atoms with Crippen LogP contribution >= 0.6 is 11.8 Å². The summed E-state index contributed by atoms with van der Waals surface area (Å²) in [5, 5.41) is -0.164. The Morgan fingerprint density at radius 2 is 1.83 bits per heavy atom. The summed E-state index contributed by atoms with van der Waals surface area (Å²) in [4.78, 5) is 28.1. The number of rotatable bonds is 5. The predicted octanol–water partition coefficient (Wildman–Crippen LogP) is 5.79. The van der Waals surface area contributed by atoms with E-state index in [1.54, 1.807) is 34.9 Å². The number of carbonyl (C=O) groups is 2. The molecule has 190 valence electrons. The highest BCUT2D eigenvalue weighted by Gasteiger charge is 2.43. The van der Waals surface area contributed by atoms with Gasteiger partial charge in [0.2, 0.25) is 0 Å². The zero-order valence-corrected chi connectivity index (χ0v) is 20.3. The molecule has 0 saturated carbocycles. The minimum atomic E-state index is -5.05. The van der Waals surface area contributed by atoms with Crippen molar-refractivity contribution in [1.29, 1.82) is 0 Å². The molecule has 1 aliphatic heterocycles. The van der Waals surface area contributed by atoms with E-state index < -0.39 is 23.7 Å². The number of likely N-dealkylation sites (tertiary alicyclic amines) is 1. The normalized spacial score (nSPS) is 20.6. The van der Waals surface area contributed by atoms with Crippen molar-refractivity contribution in [3.05, 3.63) is 65.9 Å². The zero-order chi connectivity index (χ0) is 25.4. The van der Waals surface area contributed by atoms with Crippen LogP contribution in [0.5, 0.6) is 0 Å². The first-order chi connectivity index (χ1) is 17.2. The van der Waals surface area contributed by atoms with Crippen LogP contribution in [0.1, 0.15) is 30.1 Å². The second-order valence-corrected chi connectivity index (χ2v) is 10.4. The standard InChI is InChI=1S/C26H25F3N2O4S/c1-34-25(33)31-19-10-6-5-9-18(19)23-20-13-16(14-21(23)31)11-12-30(20)15-22(24(32)35-26(27,28)29)36-17-7-3-2-4-8-17/h2-10,16,20,22H,11-15H2,1H3/t16-,20+,22?/m0/s1. The van der Waals surface area contributed by atoms with Crippen LogP contribution in [-0.4, -0.2) is 53.3 Å². The van der Waals surface area contributed by atoms with E-state index in [0.29, 0.717) is 17.4 Å². The summed E-state index contributed by atoms with van der Waals surface area (Å²) < 4.78 is 49.4. The van der Waals surface area contributed by atoms with Crippen molar-refractivity contribution in [3.63, 3.8) is 0 Å². The molecule has 36 heavy (non-hydrogen) atoms. The first kappa shape index (κ1) is 24.7. The molecule has 0 spiro atoms. The van der Waals surface area contributed by atoms with E-state index in [-0.39, 0.29) is 12.6 Å². The van der Waals surface area contributed by atoms with Crippen LogP contribution in [-0.2, 0) is 20.7 Å². The molecule has 1 saturated heterocycles. The van der Waals surface area contributed by atoms with E-state index in [9.17, 15) is 22.8 Å². The maximum absolute atomic E-state index is 13.0. The number of carbonyl (C=O) groups excluding carboxylic acids is 2. The van der Waals surface area contributed by atoms with E-state index >= 15 is 0 Å². The smallest absolute Gasteiger partial charge is 0.452 e. The summed E-state index contributed by atoms with van der Waals surface area (Å²) in [7, 11) is 1.34. The van der Waals surface area contributed by atoms with Crippen molar-refractivity contribution in [1.82, 2.24) is 9.47 Å². The number of ether oxygens (including phenoxy) is 2. The lowest BCUT2D eigenvalue weighted by Gasteiger charge is -2.44. The topological polar surface area (TPSA) is 60.8 Å². The van der Waals surface area contributed by atoms with Gasteiger partial charge in [-0.05, 0) is 55.5 Å². The van der Waals surface area contributed by atoms with E-state index in [4.69, 9.17) is 4.74 Å². The summed E-state index contributed by atoms with van der Waals surface area (Å²) >= 11 is 1.07. The first-order valence-electron chi connectivity index (χ1n) is 11.7. The SMILES string of the molecule is COC(=O)n1c2c(c3ccccc31)[C@H]1C[C@H](CCN1CC(Sc1ccccc1)C(=O)OC(F)(F)F)C2. The molecule has 2 bridgehead atoms. The van der Waals surface area contributed by atoms with E-state index in [1.165, 1.54) is 7.11 Å². The lowest BCUT2D eigenvalue weighted by Crippen LogP contribution is -2.45. The fourth-order valence-electron chi connectivity index (χ4n) is 5.47. The molecule has 0 N–H and O–H groups in total. The second kappa shape index (κ2) is 9.82. The van der Waals surface area contributed by atoms with Crippen LogP contribution in [0, 0.1) is 5.92 Å². The summed E-state index contributed by atoms with van der Waals surface area (Å²) in [6, 6.07) is 16.3. The van der Waals surface area contributed by atoms with Gasteiger partial charge in [-0.1, -0.05) is 36.4 Å². The Hall–Kier alpha value is -2.98. The van der Waals surface area contributed by atoms with Crippen molar-refractivity contribution in [3.8, 4) is 0 Å². The monoisotopic (exact) mass is 518 g/mol. The van der Waals surface area contributed by atoms with Crippen LogP contribution < -0.4 is 0 Å². The van der Waals surface area contributed by atoms with Gasteiger partial charge in [0, 0.05) is 28.6 Å². The summed E-state index contributed by atoms with van der Waals surface area (Å²) in [5.74, 6) is -0.986. The van der Waals surface area contributed by atoms with Gasteiger partial charge in [-0.15, -0.1) is 24.9 Å². The number of halogens is 3. The molecule has 6 nitrogen and oxygen atoms in total. The minimum absolute atomic E-state index is 0.0863. The second-order valence-electron chi connectivity index (χ2n) is 9.07. The molecule has 2 heterocycles. The Bertz CT molecular complexity index is 1280. The highest BCUT2D eigenvalue weighted by atomic mass is 32.2. The lowest BCUT2D eigenvalue weighted by molar-refractivity contribution is -0.305. The molecular formula is C26H25F3N2O4S. The molecule has 2 aliphatic rings. The maximum atomic E-state index is 13.0. The Morgan fingerprint density at radius 3 is 2.56 bits per heavy atom. The van der Waals surface area contributed by atoms with Crippen molar-refractivity contribution in [2.75, 3.05) is 20.2 Å². The largest absolute Gasteiger partial charge is 0.575 e. The molecule has 1 fully saturated rings. The number of hydrogen-bond acceptors (Lipinski definition) is 6. The number of piperidine rings is 1. The third-order valence-electron chi connectivity index (χ3n) is 6.91. The molecule has 1 aromatic heterocycles. The number of hydrogen-bond donors (Lipinski definition) is 0. The van der Waals surface area contributed by atoms with E-state index in [1.807, 2.05) is 24.3 Å². The van der Waals surface area contributed by atoms with Crippen LogP contribution in [0.3, 0.4) is 0 Å². The Morgan fingerprint density at radius 1 is 1.11 bits per heavy atom. The van der Waals surface area contributed by atoms with Gasteiger partial charge in [-0.3, -0.25) is 9.69 Å². The number of para-hydroxylation sites is 1. The van der Waals surface area contributed by atoms with E-state index in [0.717, 1.165) is 53.2 Å².